The number of hydrogen-bond acceptors (Lipinski definition) is 2. The third-order valence-corrected chi connectivity index (χ3v) is 3.23. The van der Waals surface area contributed by atoms with E-state index in [0.29, 0.717) is 5.92 Å². The smallest absolute Gasteiger partial charge is 0.0463 e. The molecule has 0 aromatic heterocycles. The number of aliphatic hydroxyl groups excluding tert-OH is 1. The van der Waals surface area contributed by atoms with E-state index in [2.05, 4.69) is 0 Å². The first-order valence-electron chi connectivity index (χ1n) is 2.87. The molecule has 3 heteroatoms. The molecule has 1 rings (SSSR count). The van der Waals surface area contributed by atoms with Crippen molar-refractivity contribution in [3.05, 3.63) is 0 Å². The van der Waals surface area contributed by atoms with Gasteiger partial charge in [0.05, 0.1) is 0 Å². The minimum absolute atomic E-state index is 0.263. The van der Waals surface area contributed by atoms with Gasteiger partial charge >= 0.3 is 0 Å². The Balaban J connectivity index is 2.22. The summed E-state index contributed by atoms with van der Waals surface area (Å²) < 4.78 is 0. The summed E-state index contributed by atoms with van der Waals surface area (Å²) in [4.78, 5) is 8.98. The Bertz CT molecular complexity index is 76.8. The first-order valence-corrected chi connectivity index (χ1v) is 4.54. The van der Waals surface area contributed by atoms with Crippen molar-refractivity contribution in [2.75, 3.05) is 18.9 Å². The summed E-state index contributed by atoms with van der Waals surface area (Å²) in [5.74, 6) is 0.408. The van der Waals surface area contributed by atoms with Gasteiger partial charge in [-0.05, 0) is 24.7 Å². The molecule has 0 saturated carbocycles. The highest BCUT2D eigenvalue weighted by Gasteiger charge is 2.21. The van der Waals surface area contributed by atoms with Crippen LogP contribution in [0.15, 0.2) is 0 Å². The van der Waals surface area contributed by atoms with Crippen LogP contribution in [0, 0.1) is 5.92 Å². The van der Waals surface area contributed by atoms with Crippen molar-refractivity contribution in [3.63, 3.8) is 0 Å². The molecule has 48 valence electrons. The van der Waals surface area contributed by atoms with Crippen LogP contribution in [0.5, 0.6) is 0 Å². The summed E-state index contributed by atoms with van der Waals surface area (Å²) in [6.07, 6.45) is 2.84. The van der Waals surface area contributed by atoms with Crippen molar-refractivity contribution in [3.8, 4) is 0 Å². The van der Waals surface area contributed by atoms with Gasteiger partial charge in [0, 0.05) is 14.8 Å². The molecule has 0 spiro atoms. The lowest BCUT2D eigenvalue weighted by molar-refractivity contribution is 0.241. The predicted octanol–water partition coefficient (Wildman–Crippen LogP) is 0.388. The molecule has 0 amide bonds. The molecule has 2 N–H and O–H groups in total. The fourth-order valence-corrected chi connectivity index (χ4v) is 2.70. The highest BCUT2D eigenvalue weighted by molar-refractivity contribution is 7.51. The second-order valence-electron chi connectivity index (χ2n) is 2.25. The number of rotatable bonds is 1. The van der Waals surface area contributed by atoms with E-state index in [1.54, 1.807) is 0 Å². The van der Waals surface area contributed by atoms with Crippen molar-refractivity contribution >= 4 is 8.15 Å². The van der Waals surface area contributed by atoms with Crippen molar-refractivity contribution in [1.82, 2.24) is 0 Å². The van der Waals surface area contributed by atoms with E-state index in [1.807, 2.05) is 0 Å². The monoisotopic (exact) mass is 134 g/mol. The third kappa shape index (κ3) is 1.41. The zero-order chi connectivity index (χ0) is 5.98. The first kappa shape index (κ1) is 6.47. The van der Waals surface area contributed by atoms with Crippen LogP contribution in [0.4, 0.5) is 0 Å². The third-order valence-electron chi connectivity index (χ3n) is 1.52. The SMILES string of the molecule is OCC1CCP(O)C1. The van der Waals surface area contributed by atoms with Crippen LogP contribution in [-0.2, 0) is 0 Å². The Hall–Kier alpha value is 0.350. The topological polar surface area (TPSA) is 40.5 Å². The standard InChI is InChI=1S/C5H11O2P/c6-3-5-1-2-8(7)4-5/h5-7H,1-4H2. The van der Waals surface area contributed by atoms with Gasteiger partial charge in [0.1, 0.15) is 0 Å². The van der Waals surface area contributed by atoms with Crippen LogP contribution >= 0.6 is 8.15 Å². The number of aliphatic hydroxyl groups is 1. The van der Waals surface area contributed by atoms with Gasteiger partial charge in [-0.2, -0.15) is 0 Å². The molecule has 0 aliphatic carbocycles. The van der Waals surface area contributed by atoms with E-state index in [4.69, 9.17) is 10.00 Å². The fraction of sp³-hybridized carbons (Fsp3) is 1.00. The molecule has 1 fully saturated rings. The molecule has 1 aliphatic rings. The van der Waals surface area contributed by atoms with E-state index >= 15 is 0 Å². The van der Waals surface area contributed by atoms with Gasteiger partial charge in [-0.15, -0.1) is 0 Å². The molecule has 8 heavy (non-hydrogen) atoms. The molecule has 1 heterocycles. The van der Waals surface area contributed by atoms with Crippen molar-refractivity contribution in [1.29, 1.82) is 0 Å². The minimum atomic E-state index is -0.670. The Morgan fingerprint density at radius 2 is 2.38 bits per heavy atom. The quantitative estimate of drug-likeness (QED) is 0.509. The number of hydrogen-bond donors (Lipinski definition) is 2. The Labute approximate surface area is 50.4 Å². The molecule has 2 atom stereocenters. The summed E-state index contributed by atoms with van der Waals surface area (Å²) in [6.45, 7) is 0.263. The first-order chi connectivity index (χ1) is 3.83. The molecule has 1 saturated heterocycles. The van der Waals surface area contributed by atoms with Crippen LogP contribution in [0.25, 0.3) is 0 Å². The van der Waals surface area contributed by atoms with Crippen molar-refractivity contribution in [2.24, 2.45) is 5.92 Å². The molecule has 0 aromatic carbocycles. The molecule has 2 unspecified atom stereocenters. The molecule has 2 nitrogen and oxygen atoms in total. The van der Waals surface area contributed by atoms with Crippen LogP contribution < -0.4 is 0 Å². The second-order valence-corrected chi connectivity index (χ2v) is 4.08. The van der Waals surface area contributed by atoms with Gasteiger partial charge in [0.15, 0.2) is 0 Å². The average Bonchev–Trinajstić information content (AvgIpc) is 2.14. The lowest BCUT2D eigenvalue weighted by atomic mass is 10.1. The Morgan fingerprint density at radius 1 is 1.62 bits per heavy atom. The zero-order valence-electron chi connectivity index (χ0n) is 4.75. The van der Waals surface area contributed by atoms with E-state index in [1.165, 1.54) is 0 Å². The molecule has 0 bridgehead atoms. The fourth-order valence-electron chi connectivity index (χ4n) is 0.961. The van der Waals surface area contributed by atoms with E-state index < -0.39 is 8.15 Å². The second kappa shape index (κ2) is 2.77. The van der Waals surface area contributed by atoms with Crippen LogP contribution in [0.3, 0.4) is 0 Å². The molecule has 0 aromatic rings. The van der Waals surface area contributed by atoms with Gasteiger partial charge in [-0.1, -0.05) is 0 Å². The summed E-state index contributed by atoms with van der Waals surface area (Å²) in [5, 5.41) is 8.58. The van der Waals surface area contributed by atoms with E-state index in [0.717, 1.165) is 18.7 Å². The summed E-state index contributed by atoms with van der Waals surface area (Å²) in [7, 11) is -0.670. The maximum Gasteiger partial charge on any atom is 0.0463 e. The van der Waals surface area contributed by atoms with Crippen molar-refractivity contribution < 1.29 is 10.00 Å². The van der Waals surface area contributed by atoms with Gasteiger partial charge in [0.2, 0.25) is 0 Å². The molecule has 0 radical (unpaired) electrons. The average molecular weight is 134 g/mol. The van der Waals surface area contributed by atoms with Gasteiger partial charge in [-0.3, -0.25) is 0 Å². The molecular formula is C5H11O2P. The lowest BCUT2D eigenvalue weighted by Crippen LogP contribution is -2.02. The Kier molecular flexibility index (Phi) is 2.24. The summed E-state index contributed by atoms with van der Waals surface area (Å²) >= 11 is 0. The molecular weight excluding hydrogens is 123 g/mol. The maximum absolute atomic E-state index is 8.98. The van der Waals surface area contributed by atoms with Crippen LogP contribution in [0.2, 0.25) is 0 Å². The lowest BCUT2D eigenvalue weighted by Gasteiger charge is -2.00. The van der Waals surface area contributed by atoms with Gasteiger partial charge in [-0.25, -0.2) is 0 Å². The van der Waals surface area contributed by atoms with Gasteiger partial charge < -0.3 is 10.00 Å². The summed E-state index contributed by atoms with van der Waals surface area (Å²) in [5.41, 5.74) is 0. The van der Waals surface area contributed by atoms with Crippen molar-refractivity contribution in [2.45, 2.75) is 6.42 Å². The summed E-state index contributed by atoms with van der Waals surface area (Å²) in [6, 6.07) is 0. The minimum Gasteiger partial charge on any atom is -0.396 e. The largest absolute Gasteiger partial charge is 0.396 e. The predicted molar refractivity (Wildman–Crippen MR) is 34.1 cm³/mol. The zero-order valence-corrected chi connectivity index (χ0v) is 5.64. The van der Waals surface area contributed by atoms with Crippen LogP contribution in [-0.4, -0.2) is 28.9 Å². The maximum atomic E-state index is 8.98. The Morgan fingerprint density at radius 3 is 2.62 bits per heavy atom. The highest BCUT2D eigenvalue weighted by atomic mass is 31.1. The normalized spacial score (nSPS) is 38.2. The molecule has 1 aliphatic heterocycles. The van der Waals surface area contributed by atoms with Crippen LogP contribution in [0.1, 0.15) is 6.42 Å². The highest BCUT2D eigenvalue weighted by Crippen LogP contribution is 2.41. The van der Waals surface area contributed by atoms with Gasteiger partial charge in [0.25, 0.3) is 0 Å². The van der Waals surface area contributed by atoms with E-state index in [-0.39, 0.29) is 6.61 Å². The van der Waals surface area contributed by atoms with E-state index in [9.17, 15) is 0 Å².